The van der Waals surface area contributed by atoms with Gasteiger partial charge in [-0.1, -0.05) is 292 Å². The Labute approximate surface area is 526 Å². The number of quaternary nitrogens is 1. The molecule has 0 spiro atoms. The molecule has 0 aromatic heterocycles. The Morgan fingerprint density at radius 1 is 0.412 bits per heavy atom. The summed E-state index contributed by atoms with van der Waals surface area (Å²) in [6.45, 7) is 6.97. The minimum absolute atomic E-state index is 0.0342. The summed E-state index contributed by atoms with van der Waals surface area (Å²) >= 11 is 0. The quantitative estimate of drug-likeness (QED) is 0.0205. The van der Waals surface area contributed by atoms with Crippen LogP contribution in [-0.2, 0) is 27.9 Å². The van der Waals surface area contributed by atoms with Crippen LogP contribution in [0.1, 0.15) is 329 Å². The Kier molecular flexibility index (Phi) is 62.1. The molecule has 0 aliphatic heterocycles. The highest BCUT2D eigenvalue weighted by Gasteiger charge is 2.30. The van der Waals surface area contributed by atoms with Crippen LogP contribution in [0.15, 0.2) is 85.1 Å². The third-order valence-electron chi connectivity index (χ3n) is 15.8. The second-order valence-electron chi connectivity index (χ2n) is 25.4. The van der Waals surface area contributed by atoms with Crippen molar-refractivity contribution >= 4 is 19.7 Å². The summed E-state index contributed by atoms with van der Waals surface area (Å²) in [5.74, 6) is -0.519. The van der Waals surface area contributed by atoms with E-state index in [1.54, 1.807) is 0 Å². The van der Waals surface area contributed by atoms with Crippen molar-refractivity contribution in [2.24, 2.45) is 0 Å². The first-order valence-corrected chi connectivity index (χ1v) is 37.4. The molecule has 1 amide bonds. The lowest BCUT2D eigenvalue weighted by Crippen LogP contribution is -2.47. The second-order valence-corrected chi connectivity index (χ2v) is 26.9. The van der Waals surface area contributed by atoms with Crippen LogP contribution in [0.4, 0.5) is 0 Å². The van der Waals surface area contributed by atoms with Crippen LogP contribution in [0.3, 0.4) is 0 Å². The molecule has 0 fully saturated rings. The molecule has 0 saturated heterocycles. The minimum atomic E-state index is -4.46. The van der Waals surface area contributed by atoms with Gasteiger partial charge in [0.2, 0.25) is 5.91 Å². The van der Waals surface area contributed by atoms with Crippen molar-refractivity contribution in [3.63, 3.8) is 0 Å². The monoisotopic (exact) mass is 1210 g/mol. The number of amides is 1. The summed E-state index contributed by atoms with van der Waals surface area (Å²) in [6, 6.07) is -0.862. The van der Waals surface area contributed by atoms with Gasteiger partial charge in [-0.2, -0.15) is 0 Å². The van der Waals surface area contributed by atoms with E-state index in [-0.39, 0.29) is 31.5 Å². The van der Waals surface area contributed by atoms with Crippen LogP contribution in [0.2, 0.25) is 0 Å². The molecule has 2 N–H and O–H groups in total. The first-order chi connectivity index (χ1) is 41.4. The summed E-state index contributed by atoms with van der Waals surface area (Å²) in [6.07, 6.45) is 86.0. The standard InChI is InChI=1S/C75H137N2O7P/c1-7-10-13-16-19-22-25-27-29-31-33-35-36-37-38-39-40-42-44-46-48-50-53-56-59-62-65-68-75(79)84-73(66-63-60-57-54-51-24-21-18-15-12-9-3)72(71-83-85(80,81)82-70-69-77(4,5)6)76-74(78)67-64-61-58-55-52-49-47-45-43-41-34-32-30-28-26-23-20-17-14-11-8-2/h19-20,22-23,27-30,34,41,45,47,63,66,72-73H,7-18,21,24-26,31-33,35-40,42-44,46,48-62,64-65,67-71H2,1-6H3,(H-,76,78,80,81)/p+1/b22-19-,23-20-,29-27-,30-28-,41-34-,47-45-,66-63-. The largest absolute Gasteiger partial charge is 0.472 e. The predicted molar refractivity (Wildman–Crippen MR) is 369 cm³/mol. The molecule has 0 saturated carbocycles. The Morgan fingerprint density at radius 3 is 1.09 bits per heavy atom. The van der Waals surface area contributed by atoms with Gasteiger partial charge in [-0.3, -0.25) is 18.6 Å². The molecule has 0 radical (unpaired) electrons. The summed E-state index contributed by atoms with van der Waals surface area (Å²) in [5, 5.41) is 3.06. The number of unbranched alkanes of at least 4 members (excludes halogenated alkanes) is 37. The van der Waals surface area contributed by atoms with Gasteiger partial charge in [0.25, 0.3) is 0 Å². The van der Waals surface area contributed by atoms with Gasteiger partial charge in [0.05, 0.1) is 33.8 Å². The molecule has 494 valence electrons. The van der Waals surface area contributed by atoms with Crippen LogP contribution in [0.25, 0.3) is 0 Å². The lowest BCUT2D eigenvalue weighted by Gasteiger charge is -2.27. The third-order valence-corrected chi connectivity index (χ3v) is 16.8. The molecule has 0 heterocycles. The molecule has 10 heteroatoms. The predicted octanol–water partition coefficient (Wildman–Crippen LogP) is 22.9. The number of allylic oxidation sites excluding steroid dienone is 13. The van der Waals surface area contributed by atoms with E-state index in [0.29, 0.717) is 17.4 Å². The molecule has 0 aliphatic rings. The number of likely N-dealkylation sites (N-methyl/N-ethyl adjacent to an activating group) is 1. The maximum atomic E-state index is 13.6. The van der Waals surface area contributed by atoms with Crippen molar-refractivity contribution < 1.29 is 37.3 Å². The van der Waals surface area contributed by atoms with Gasteiger partial charge in [-0.25, -0.2) is 4.57 Å². The number of hydrogen-bond donors (Lipinski definition) is 2. The summed E-state index contributed by atoms with van der Waals surface area (Å²) in [4.78, 5) is 37.9. The average molecular weight is 1210 g/mol. The maximum Gasteiger partial charge on any atom is 0.472 e. The molecule has 3 atom stereocenters. The Morgan fingerprint density at radius 2 is 0.718 bits per heavy atom. The number of phosphoric ester groups is 1. The molecule has 0 aliphatic carbocycles. The first kappa shape index (κ1) is 82.2. The average Bonchev–Trinajstić information content (AvgIpc) is 3.57. The molecule has 9 nitrogen and oxygen atoms in total. The van der Waals surface area contributed by atoms with Crippen LogP contribution in [-0.4, -0.2) is 74.3 Å². The Hall–Kier alpha value is -2.81. The topological polar surface area (TPSA) is 111 Å². The van der Waals surface area contributed by atoms with E-state index in [1.165, 1.54) is 193 Å². The van der Waals surface area contributed by atoms with Crippen molar-refractivity contribution in [2.75, 3.05) is 40.9 Å². The van der Waals surface area contributed by atoms with Crippen molar-refractivity contribution in [3.8, 4) is 0 Å². The smallest absolute Gasteiger partial charge is 0.456 e. The maximum absolute atomic E-state index is 13.6. The molecule has 0 aromatic rings. The molecule has 3 unspecified atom stereocenters. The van der Waals surface area contributed by atoms with Gasteiger partial charge in [0.1, 0.15) is 19.3 Å². The summed E-state index contributed by atoms with van der Waals surface area (Å²) in [7, 11) is 1.48. The molecular weight excluding hydrogens is 1070 g/mol. The van der Waals surface area contributed by atoms with E-state index >= 15 is 0 Å². The van der Waals surface area contributed by atoms with E-state index in [4.69, 9.17) is 13.8 Å². The van der Waals surface area contributed by atoms with Crippen LogP contribution in [0.5, 0.6) is 0 Å². The van der Waals surface area contributed by atoms with Crippen LogP contribution in [0, 0.1) is 0 Å². The van der Waals surface area contributed by atoms with Crippen molar-refractivity contribution in [2.45, 2.75) is 341 Å². The number of carbonyl (C=O) groups excluding carboxylic acids is 2. The fourth-order valence-corrected chi connectivity index (χ4v) is 11.0. The zero-order valence-electron chi connectivity index (χ0n) is 56.6. The Balaban J connectivity index is 5.01. The third kappa shape index (κ3) is 65.5. The number of ether oxygens (including phenoxy) is 1. The number of phosphoric acid groups is 1. The van der Waals surface area contributed by atoms with E-state index in [2.05, 4.69) is 99.0 Å². The highest BCUT2D eigenvalue weighted by Crippen LogP contribution is 2.43. The van der Waals surface area contributed by atoms with E-state index < -0.39 is 20.0 Å². The molecule has 0 bridgehead atoms. The fraction of sp³-hybridized carbons (Fsp3) is 0.787. The number of rotatable bonds is 65. The summed E-state index contributed by atoms with van der Waals surface area (Å²) < 4.78 is 30.8. The molecular formula is C75H138N2O7P+. The lowest BCUT2D eigenvalue weighted by molar-refractivity contribution is -0.870. The van der Waals surface area contributed by atoms with Gasteiger partial charge in [0, 0.05) is 12.8 Å². The van der Waals surface area contributed by atoms with Gasteiger partial charge >= 0.3 is 13.8 Å². The van der Waals surface area contributed by atoms with Crippen LogP contribution >= 0.6 is 7.82 Å². The summed E-state index contributed by atoms with van der Waals surface area (Å²) in [5.41, 5.74) is 0. The van der Waals surface area contributed by atoms with Gasteiger partial charge in [0.15, 0.2) is 0 Å². The molecule has 0 rings (SSSR count). The number of hydrogen-bond acceptors (Lipinski definition) is 6. The Bertz CT molecular complexity index is 1730. The second kappa shape index (κ2) is 64.2. The van der Waals surface area contributed by atoms with Crippen molar-refractivity contribution in [1.29, 1.82) is 0 Å². The zero-order chi connectivity index (χ0) is 62.1. The van der Waals surface area contributed by atoms with Gasteiger partial charge in [-0.15, -0.1) is 0 Å². The fourth-order valence-electron chi connectivity index (χ4n) is 10.2. The highest BCUT2D eigenvalue weighted by molar-refractivity contribution is 7.47. The van der Waals surface area contributed by atoms with Crippen LogP contribution < -0.4 is 5.32 Å². The van der Waals surface area contributed by atoms with Crippen molar-refractivity contribution in [3.05, 3.63) is 85.1 Å². The SMILES string of the molecule is CCCCC/C=C\C/C=C\C/C=C\C/C=C\CCCCCCCC(=O)NC(COP(=O)(O)OCC[N+](C)(C)C)C(/C=C\CCCCCCCCCCC)OC(=O)CCCCCCCCCCCCCCCCCCC/C=C\C/C=C\CCCCC. The number of esters is 1. The normalized spacial score (nSPS) is 14.0. The van der Waals surface area contributed by atoms with E-state index in [9.17, 15) is 19.0 Å². The highest BCUT2D eigenvalue weighted by atomic mass is 31.2. The number of carbonyl (C=O) groups is 2. The number of nitrogens with one attached hydrogen (secondary N) is 1. The molecule has 85 heavy (non-hydrogen) atoms. The van der Waals surface area contributed by atoms with Gasteiger partial charge in [-0.05, 0) is 109 Å². The van der Waals surface area contributed by atoms with Gasteiger partial charge < -0.3 is 19.4 Å². The minimum Gasteiger partial charge on any atom is -0.456 e. The zero-order valence-corrected chi connectivity index (χ0v) is 57.5. The lowest BCUT2D eigenvalue weighted by atomic mass is 10.0. The van der Waals surface area contributed by atoms with Crippen molar-refractivity contribution in [1.82, 2.24) is 5.32 Å². The number of nitrogens with zero attached hydrogens (tertiary/aromatic N) is 1. The van der Waals surface area contributed by atoms with E-state index in [0.717, 1.165) is 103 Å². The first-order valence-electron chi connectivity index (χ1n) is 35.9. The van der Waals surface area contributed by atoms with E-state index in [1.807, 2.05) is 33.3 Å². The molecule has 0 aromatic carbocycles.